The third kappa shape index (κ3) is 5.52. The fourth-order valence-corrected chi connectivity index (χ4v) is 5.69. The predicted molar refractivity (Wildman–Crippen MR) is 131 cm³/mol. The lowest BCUT2D eigenvalue weighted by atomic mass is 9.89. The summed E-state index contributed by atoms with van der Waals surface area (Å²) in [5.74, 6) is 0.303. The number of nitrogens with one attached hydrogen (secondary N) is 1. The number of ketones is 1. The van der Waals surface area contributed by atoms with Crippen molar-refractivity contribution in [2.45, 2.75) is 77.0 Å². The van der Waals surface area contributed by atoms with Crippen LogP contribution >= 0.6 is 0 Å². The molecule has 3 saturated heterocycles. The number of piperidine rings is 1. The predicted octanol–water partition coefficient (Wildman–Crippen LogP) is 2.99. The largest absolute Gasteiger partial charge is 0.368 e. The highest BCUT2D eigenvalue weighted by atomic mass is 16.5. The van der Waals surface area contributed by atoms with Gasteiger partial charge in [0, 0.05) is 12.1 Å². The van der Waals surface area contributed by atoms with E-state index in [1.165, 1.54) is 18.5 Å². The van der Waals surface area contributed by atoms with Crippen molar-refractivity contribution >= 4 is 17.6 Å². The number of amides is 2. The molecule has 0 aliphatic carbocycles. The Labute approximate surface area is 203 Å². The van der Waals surface area contributed by atoms with Crippen LogP contribution in [0.4, 0.5) is 0 Å². The van der Waals surface area contributed by atoms with Crippen LogP contribution < -0.4 is 5.32 Å². The van der Waals surface area contributed by atoms with Gasteiger partial charge in [-0.05, 0) is 81.3 Å². The molecule has 1 aromatic rings. The molecule has 3 fully saturated rings. The second kappa shape index (κ2) is 11.0. The number of carbonyl (C=O) groups excluding carboxylic acids is 3. The summed E-state index contributed by atoms with van der Waals surface area (Å²) in [5.41, 5.74) is 1.85. The zero-order valence-electron chi connectivity index (χ0n) is 20.8. The Morgan fingerprint density at radius 2 is 1.79 bits per heavy atom. The highest BCUT2D eigenvalue weighted by Crippen LogP contribution is 2.29. The van der Waals surface area contributed by atoms with E-state index in [4.69, 9.17) is 4.74 Å². The first-order valence-electron chi connectivity index (χ1n) is 12.9. The molecular formula is C27H39N3O4. The molecule has 186 valence electrons. The molecule has 3 heterocycles. The topological polar surface area (TPSA) is 79.0 Å². The summed E-state index contributed by atoms with van der Waals surface area (Å²) < 4.78 is 5.53. The molecule has 3 aliphatic rings. The number of likely N-dealkylation sites (tertiary alicyclic amines) is 2. The van der Waals surface area contributed by atoms with Crippen LogP contribution in [0.15, 0.2) is 24.3 Å². The minimum atomic E-state index is -0.651. The van der Waals surface area contributed by atoms with Crippen molar-refractivity contribution < 1.29 is 19.1 Å². The van der Waals surface area contributed by atoms with Crippen molar-refractivity contribution in [2.75, 3.05) is 32.8 Å². The van der Waals surface area contributed by atoms with E-state index in [1.54, 1.807) is 4.90 Å². The highest BCUT2D eigenvalue weighted by Gasteiger charge is 2.48. The molecule has 4 rings (SSSR count). The fourth-order valence-electron chi connectivity index (χ4n) is 5.69. The summed E-state index contributed by atoms with van der Waals surface area (Å²) in [5, 5.41) is 2.97. The number of benzene rings is 1. The first-order chi connectivity index (χ1) is 16.4. The second-order valence-corrected chi connectivity index (χ2v) is 10.5. The fraction of sp³-hybridized carbons (Fsp3) is 0.667. The summed E-state index contributed by atoms with van der Waals surface area (Å²) >= 11 is 0. The number of hydrogen-bond donors (Lipinski definition) is 1. The minimum absolute atomic E-state index is 0.0402. The maximum atomic E-state index is 13.4. The summed E-state index contributed by atoms with van der Waals surface area (Å²) in [6.45, 7) is 10.3. The van der Waals surface area contributed by atoms with E-state index in [1.807, 2.05) is 26.0 Å². The Kier molecular flexibility index (Phi) is 8.04. The van der Waals surface area contributed by atoms with E-state index in [2.05, 4.69) is 29.3 Å². The van der Waals surface area contributed by atoms with Crippen LogP contribution in [0.1, 0.15) is 74.7 Å². The van der Waals surface area contributed by atoms with Gasteiger partial charge in [-0.15, -0.1) is 0 Å². The number of rotatable bonds is 8. The molecular weight excluding hydrogens is 430 g/mol. The Balaban J connectivity index is 1.39. The van der Waals surface area contributed by atoms with Gasteiger partial charge in [-0.3, -0.25) is 14.4 Å². The maximum absolute atomic E-state index is 13.4. The zero-order chi connectivity index (χ0) is 24.2. The number of carbonyl (C=O) groups is 3. The zero-order valence-corrected chi connectivity index (χ0v) is 20.8. The molecule has 0 bridgehead atoms. The second-order valence-electron chi connectivity index (χ2n) is 10.5. The van der Waals surface area contributed by atoms with Gasteiger partial charge < -0.3 is 19.9 Å². The van der Waals surface area contributed by atoms with E-state index in [-0.39, 0.29) is 36.2 Å². The monoisotopic (exact) mass is 469 g/mol. The average Bonchev–Trinajstić information content (AvgIpc) is 3.42. The van der Waals surface area contributed by atoms with Crippen molar-refractivity contribution in [2.24, 2.45) is 5.92 Å². The number of fused-ring (bicyclic) bond motifs is 1. The molecule has 7 heteroatoms. The van der Waals surface area contributed by atoms with Gasteiger partial charge in [0.05, 0.1) is 6.10 Å². The molecule has 1 N–H and O–H groups in total. The van der Waals surface area contributed by atoms with E-state index in [9.17, 15) is 14.4 Å². The lowest BCUT2D eigenvalue weighted by Gasteiger charge is -2.32. The molecule has 1 unspecified atom stereocenters. The minimum Gasteiger partial charge on any atom is -0.368 e. The van der Waals surface area contributed by atoms with Crippen molar-refractivity contribution in [3.8, 4) is 0 Å². The van der Waals surface area contributed by atoms with E-state index < -0.39 is 12.1 Å². The molecule has 0 saturated carbocycles. The van der Waals surface area contributed by atoms with Gasteiger partial charge in [0.2, 0.25) is 5.91 Å². The van der Waals surface area contributed by atoms with Crippen LogP contribution in [0.5, 0.6) is 0 Å². The van der Waals surface area contributed by atoms with Crippen molar-refractivity contribution in [1.82, 2.24) is 15.1 Å². The molecule has 0 radical (unpaired) electrons. The molecule has 0 spiro atoms. The van der Waals surface area contributed by atoms with Crippen molar-refractivity contribution in [3.05, 3.63) is 35.4 Å². The van der Waals surface area contributed by atoms with Crippen molar-refractivity contribution in [3.63, 3.8) is 0 Å². The lowest BCUT2D eigenvalue weighted by molar-refractivity contribution is -0.138. The van der Waals surface area contributed by atoms with Gasteiger partial charge in [-0.1, -0.05) is 32.9 Å². The van der Waals surface area contributed by atoms with Gasteiger partial charge in [-0.2, -0.15) is 0 Å². The molecule has 1 aromatic carbocycles. The summed E-state index contributed by atoms with van der Waals surface area (Å²) in [6.07, 6.45) is 4.49. The van der Waals surface area contributed by atoms with Crippen LogP contribution in [0.25, 0.3) is 0 Å². The quantitative estimate of drug-likeness (QED) is 0.633. The number of ether oxygens (including phenoxy) is 1. The van der Waals surface area contributed by atoms with Gasteiger partial charge >= 0.3 is 0 Å². The van der Waals surface area contributed by atoms with Gasteiger partial charge in [0.1, 0.15) is 18.7 Å². The molecule has 2 amide bonds. The first-order valence-corrected chi connectivity index (χ1v) is 12.9. The number of hydrogen-bond acceptors (Lipinski definition) is 5. The summed E-state index contributed by atoms with van der Waals surface area (Å²) in [4.78, 5) is 42.9. The van der Waals surface area contributed by atoms with Crippen LogP contribution in [0.2, 0.25) is 0 Å². The lowest BCUT2D eigenvalue weighted by Crippen LogP contribution is -2.52. The highest BCUT2D eigenvalue weighted by molar-refractivity contribution is 5.99. The molecule has 34 heavy (non-hydrogen) atoms. The van der Waals surface area contributed by atoms with Gasteiger partial charge in [0.15, 0.2) is 5.78 Å². The number of Topliss-reactive ketones (excluding diaryl/α,β-unsaturated/α-hetero) is 1. The Bertz CT molecular complexity index is 876. The SMILES string of the molecule is CCCN1CCC(c2ccc(C(=O)NC(CC(C)C)C(=O)N3CC[C@H]4OCC(=O)[C@H]43)cc2)CC1. The van der Waals surface area contributed by atoms with Crippen LogP contribution in [0, 0.1) is 5.92 Å². The Morgan fingerprint density at radius 1 is 1.09 bits per heavy atom. The van der Waals surface area contributed by atoms with E-state index in [0.717, 1.165) is 25.9 Å². The van der Waals surface area contributed by atoms with E-state index >= 15 is 0 Å². The van der Waals surface area contributed by atoms with Gasteiger partial charge in [-0.25, -0.2) is 0 Å². The summed E-state index contributed by atoms with van der Waals surface area (Å²) in [6, 6.07) is 6.73. The summed E-state index contributed by atoms with van der Waals surface area (Å²) in [7, 11) is 0. The smallest absolute Gasteiger partial charge is 0.251 e. The van der Waals surface area contributed by atoms with E-state index in [0.29, 0.717) is 30.9 Å². The maximum Gasteiger partial charge on any atom is 0.251 e. The molecule has 3 aliphatic heterocycles. The first kappa shape index (κ1) is 24.9. The molecule has 7 nitrogen and oxygen atoms in total. The Morgan fingerprint density at radius 3 is 2.44 bits per heavy atom. The molecule has 0 aromatic heterocycles. The third-order valence-electron chi connectivity index (χ3n) is 7.48. The third-order valence-corrected chi connectivity index (χ3v) is 7.48. The van der Waals surface area contributed by atoms with Gasteiger partial charge in [0.25, 0.3) is 5.91 Å². The average molecular weight is 470 g/mol. The van der Waals surface area contributed by atoms with Crippen LogP contribution in [0.3, 0.4) is 0 Å². The number of nitrogens with zero attached hydrogens (tertiary/aromatic N) is 2. The Hall–Kier alpha value is -2.25. The van der Waals surface area contributed by atoms with Crippen LogP contribution in [-0.2, 0) is 14.3 Å². The van der Waals surface area contributed by atoms with Crippen molar-refractivity contribution in [1.29, 1.82) is 0 Å². The van der Waals surface area contributed by atoms with Crippen LogP contribution in [-0.4, -0.2) is 78.4 Å². The normalized spacial score (nSPS) is 24.5. The standard InChI is InChI=1S/C27H39N3O4/c1-4-12-29-13-9-20(10-14-29)19-5-7-21(8-6-19)26(32)28-22(16-18(2)3)27(33)30-15-11-24-25(30)23(31)17-34-24/h5-8,18,20,22,24-25H,4,9-17H2,1-3H3,(H,28,32)/t22?,24-,25-/m1/s1. The molecule has 3 atom stereocenters.